The van der Waals surface area contributed by atoms with Crippen LogP contribution in [0.2, 0.25) is 0 Å². The standard InChI is InChI=1S/C17H19/c1-13-10-15(14-8-6-5-7-9-14)12-16(11-13)17(2,3)4/h5-11H,1-4H3. The summed E-state index contributed by atoms with van der Waals surface area (Å²) in [5.41, 5.74) is 5.15. The van der Waals surface area contributed by atoms with Gasteiger partial charge in [-0.2, -0.15) is 0 Å². The zero-order valence-electron chi connectivity index (χ0n) is 11.0. The number of rotatable bonds is 1. The maximum Gasteiger partial charge on any atom is -0.00586 e. The predicted octanol–water partition coefficient (Wildman–Crippen LogP) is 4.76. The summed E-state index contributed by atoms with van der Waals surface area (Å²) in [6, 6.07) is 18.4. The maximum atomic E-state index is 3.54. The maximum absolute atomic E-state index is 3.54. The second-order valence-electron chi connectivity index (χ2n) is 5.60. The lowest BCUT2D eigenvalue weighted by atomic mass is 9.84. The van der Waals surface area contributed by atoms with Gasteiger partial charge >= 0.3 is 0 Å². The van der Waals surface area contributed by atoms with E-state index in [9.17, 15) is 0 Å². The molecule has 0 aliphatic carbocycles. The van der Waals surface area contributed by atoms with Crippen LogP contribution in [0.5, 0.6) is 0 Å². The zero-order chi connectivity index (χ0) is 12.5. The highest BCUT2D eigenvalue weighted by molar-refractivity contribution is 5.64. The fourth-order valence-electron chi connectivity index (χ4n) is 1.89. The molecule has 0 bridgehead atoms. The van der Waals surface area contributed by atoms with Gasteiger partial charge in [-0.05, 0) is 35.1 Å². The van der Waals surface area contributed by atoms with Crippen LogP contribution in [-0.2, 0) is 5.41 Å². The second-order valence-corrected chi connectivity index (χ2v) is 5.60. The first-order valence-electron chi connectivity index (χ1n) is 6.07. The molecular formula is C17H19. The molecular weight excluding hydrogens is 204 g/mol. The van der Waals surface area contributed by atoms with Crippen LogP contribution in [0.1, 0.15) is 31.9 Å². The average Bonchev–Trinajstić information content (AvgIpc) is 2.28. The van der Waals surface area contributed by atoms with E-state index in [0.29, 0.717) is 0 Å². The van der Waals surface area contributed by atoms with Crippen molar-refractivity contribution in [3.05, 3.63) is 59.7 Å². The van der Waals surface area contributed by atoms with E-state index in [1.54, 1.807) is 0 Å². The van der Waals surface area contributed by atoms with Gasteiger partial charge in [0.25, 0.3) is 0 Å². The van der Waals surface area contributed by atoms with Crippen molar-refractivity contribution < 1.29 is 0 Å². The summed E-state index contributed by atoms with van der Waals surface area (Å²) in [7, 11) is 0. The summed E-state index contributed by atoms with van der Waals surface area (Å²) >= 11 is 0. The molecule has 0 aromatic heterocycles. The van der Waals surface area contributed by atoms with Gasteiger partial charge in [0.2, 0.25) is 0 Å². The molecule has 0 saturated heterocycles. The summed E-state index contributed by atoms with van der Waals surface area (Å²) in [4.78, 5) is 0. The van der Waals surface area contributed by atoms with Crippen LogP contribution < -0.4 is 0 Å². The van der Waals surface area contributed by atoms with Crippen LogP contribution in [0, 0.1) is 13.0 Å². The van der Waals surface area contributed by atoms with Crippen molar-refractivity contribution in [1.29, 1.82) is 0 Å². The van der Waals surface area contributed by atoms with E-state index in [0.717, 1.165) is 0 Å². The van der Waals surface area contributed by atoms with Gasteiger partial charge in [0.05, 0.1) is 0 Å². The van der Waals surface area contributed by atoms with Crippen molar-refractivity contribution >= 4 is 0 Å². The average molecular weight is 223 g/mol. The lowest BCUT2D eigenvalue weighted by Gasteiger charge is -2.20. The van der Waals surface area contributed by atoms with Gasteiger partial charge in [0.1, 0.15) is 0 Å². The Bertz CT molecular complexity index is 501. The van der Waals surface area contributed by atoms with Gasteiger partial charge in [0.15, 0.2) is 0 Å². The molecule has 0 heterocycles. The summed E-state index contributed by atoms with van der Waals surface area (Å²) in [5, 5.41) is 0. The molecule has 0 unspecified atom stereocenters. The first kappa shape index (κ1) is 11.9. The monoisotopic (exact) mass is 223 g/mol. The molecule has 0 spiro atoms. The molecule has 17 heavy (non-hydrogen) atoms. The van der Waals surface area contributed by atoms with Crippen LogP contribution in [-0.4, -0.2) is 0 Å². The number of hydrogen-bond acceptors (Lipinski definition) is 0. The normalized spacial score (nSPS) is 11.5. The van der Waals surface area contributed by atoms with Crippen molar-refractivity contribution in [3.63, 3.8) is 0 Å². The summed E-state index contributed by atoms with van der Waals surface area (Å²) < 4.78 is 0. The number of benzene rings is 2. The van der Waals surface area contributed by atoms with Crippen LogP contribution in [0.25, 0.3) is 11.1 Å². The topological polar surface area (TPSA) is 0 Å². The zero-order valence-corrected chi connectivity index (χ0v) is 11.0. The molecule has 2 aromatic carbocycles. The predicted molar refractivity (Wildman–Crippen MR) is 74.2 cm³/mol. The third-order valence-electron chi connectivity index (χ3n) is 2.91. The van der Waals surface area contributed by atoms with Crippen LogP contribution in [0.3, 0.4) is 0 Å². The van der Waals surface area contributed by atoms with E-state index in [-0.39, 0.29) is 5.41 Å². The minimum atomic E-state index is 0.148. The summed E-state index contributed by atoms with van der Waals surface area (Å²) in [5.74, 6) is 0. The Hall–Kier alpha value is -1.56. The summed E-state index contributed by atoms with van der Waals surface area (Å²) in [6.07, 6.45) is 0. The number of hydrogen-bond donors (Lipinski definition) is 0. The second kappa shape index (κ2) is 4.37. The van der Waals surface area contributed by atoms with E-state index in [4.69, 9.17) is 0 Å². The Morgan fingerprint density at radius 1 is 0.941 bits per heavy atom. The molecule has 87 valence electrons. The first-order valence-corrected chi connectivity index (χ1v) is 6.07. The van der Waals surface area contributed by atoms with Crippen molar-refractivity contribution in [2.24, 2.45) is 0 Å². The minimum absolute atomic E-state index is 0.148. The van der Waals surface area contributed by atoms with Gasteiger partial charge < -0.3 is 0 Å². The van der Waals surface area contributed by atoms with Gasteiger partial charge in [-0.15, -0.1) is 0 Å². The molecule has 1 radical (unpaired) electrons. The van der Waals surface area contributed by atoms with Gasteiger partial charge in [0, 0.05) is 0 Å². The fraction of sp³-hybridized carbons (Fsp3) is 0.294. The molecule has 0 amide bonds. The number of aryl methyl sites for hydroxylation is 1. The third-order valence-corrected chi connectivity index (χ3v) is 2.91. The van der Waals surface area contributed by atoms with E-state index < -0.39 is 0 Å². The molecule has 0 fully saturated rings. The van der Waals surface area contributed by atoms with Gasteiger partial charge in [-0.1, -0.05) is 68.8 Å². The van der Waals surface area contributed by atoms with E-state index in [1.807, 2.05) is 6.07 Å². The van der Waals surface area contributed by atoms with Crippen molar-refractivity contribution in [2.75, 3.05) is 0 Å². The first-order chi connectivity index (χ1) is 7.97. The lowest BCUT2D eigenvalue weighted by Crippen LogP contribution is -2.11. The smallest absolute Gasteiger partial charge is 0.00586 e. The Balaban J connectivity index is 2.54. The molecule has 0 atom stereocenters. The Morgan fingerprint density at radius 2 is 1.59 bits per heavy atom. The highest BCUT2D eigenvalue weighted by Crippen LogP contribution is 2.28. The van der Waals surface area contributed by atoms with E-state index in [2.05, 4.69) is 70.2 Å². The molecule has 2 aromatic rings. The highest BCUT2D eigenvalue weighted by Gasteiger charge is 2.15. The molecule has 2 rings (SSSR count). The van der Waals surface area contributed by atoms with E-state index in [1.165, 1.54) is 22.3 Å². The molecule has 0 N–H and O–H groups in total. The SMILES string of the molecule is Cc1cc(-c2ccccc2)[c]c(C(C)(C)C)c1. The molecule has 0 aliphatic rings. The third kappa shape index (κ3) is 2.76. The Morgan fingerprint density at radius 3 is 2.18 bits per heavy atom. The van der Waals surface area contributed by atoms with Crippen molar-refractivity contribution in [2.45, 2.75) is 33.1 Å². The summed E-state index contributed by atoms with van der Waals surface area (Å²) in [6.45, 7) is 8.84. The largest absolute Gasteiger partial charge is 0.0622 e. The van der Waals surface area contributed by atoms with Crippen LogP contribution in [0.4, 0.5) is 0 Å². The molecule has 0 aliphatic heterocycles. The van der Waals surface area contributed by atoms with E-state index >= 15 is 0 Å². The van der Waals surface area contributed by atoms with Crippen LogP contribution >= 0.6 is 0 Å². The Labute approximate surface area is 104 Å². The molecule has 0 heteroatoms. The minimum Gasteiger partial charge on any atom is -0.0622 e. The van der Waals surface area contributed by atoms with Crippen molar-refractivity contribution in [1.82, 2.24) is 0 Å². The van der Waals surface area contributed by atoms with Crippen molar-refractivity contribution in [3.8, 4) is 11.1 Å². The lowest BCUT2D eigenvalue weighted by molar-refractivity contribution is 0.589. The quantitative estimate of drug-likeness (QED) is 0.654. The Kier molecular flexibility index (Phi) is 3.06. The van der Waals surface area contributed by atoms with Gasteiger partial charge in [-0.3, -0.25) is 0 Å². The van der Waals surface area contributed by atoms with Gasteiger partial charge in [-0.25, -0.2) is 0 Å². The van der Waals surface area contributed by atoms with Crippen LogP contribution in [0.15, 0.2) is 42.5 Å². The molecule has 0 nitrogen and oxygen atoms in total. The molecule has 0 saturated carbocycles. The fourth-order valence-corrected chi connectivity index (χ4v) is 1.89. The highest BCUT2D eigenvalue weighted by atomic mass is 14.2.